The van der Waals surface area contributed by atoms with Crippen molar-refractivity contribution in [2.45, 2.75) is 10.9 Å². The molecule has 7 heteroatoms. The second-order valence-corrected chi connectivity index (χ2v) is 4.62. The Morgan fingerprint density at radius 2 is 1.95 bits per heavy atom. The van der Waals surface area contributed by atoms with Crippen molar-refractivity contribution in [3.63, 3.8) is 0 Å². The lowest BCUT2D eigenvalue weighted by Gasteiger charge is -2.04. The molecule has 0 aliphatic heterocycles. The zero-order chi connectivity index (χ0) is 13.8. The fourth-order valence-corrected chi connectivity index (χ4v) is 2.29. The molecule has 0 atom stereocenters. The Labute approximate surface area is 113 Å². The molecule has 0 spiro atoms. The van der Waals surface area contributed by atoms with E-state index in [0.29, 0.717) is 16.5 Å². The van der Waals surface area contributed by atoms with Gasteiger partial charge in [-0.15, -0.1) is 0 Å². The summed E-state index contributed by atoms with van der Waals surface area (Å²) in [5.41, 5.74) is 11.5. The van der Waals surface area contributed by atoms with E-state index in [9.17, 15) is 4.39 Å². The molecule has 0 saturated carbocycles. The molecule has 0 bridgehead atoms. The van der Waals surface area contributed by atoms with E-state index in [2.05, 4.69) is 9.97 Å². The quantitative estimate of drug-likeness (QED) is 0.655. The summed E-state index contributed by atoms with van der Waals surface area (Å²) in [6.45, 7) is 0. The number of hydrogen-bond donors (Lipinski definition) is 2. The molecule has 0 saturated heterocycles. The van der Waals surface area contributed by atoms with E-state index >= 15 is 0 Å². The number of benzene rings is 1. The molecule has 2 aromatic rings. The van der Waals surface area contributed by atoms with Gasteiger partial charge < -0.3 is 11.5 Å². The summed E-state index contributed by atoms with van der Waals surface area (Å²) >= 11 is 1.20. The van der Waals surface area contributed by atoms with Crippen molar-refractivity contribution in [3.05, 3.63) is 41.2 Å². The molecular weight excluding hydrogens is 265 g/mol. The van der Waals surface area contributed by atoms with Crippen LogP contribution in [0, 0.1) is 17.1 Å². The van der Waals surface area contributed by atoms with Crippen molar-refractivity contribution >= 4 is 23.4 Å². The first-order chi connectivity index (χ1) is 9.10. The molecule has 0 unspecified atom stereocenters. The standard InChI is InChI=1S/C12H10FN5S/c13-11-7(5-14)2-1-3-8(11)6-19-12-17-9(15)4-10(16)18-12/h1-4H,6H2,(H4,15,16,17,18). The minimum absolute atomic E-state index is 0.0195. The van der Waals surface area contributed by atoms with Crippen LogP contribution in [0.15, 0.2) is 29.4 Å². The predicted molar refractivity (Wildman–Crippen MR) is 71.5 cm³/mol. The number of nitriles is 1. The van der Waals surface area contributed by atoms with E-state index in [1.165, 1.54) is 23.9 Å². The van der Waals surface area contributed by atoms with Gasteiger partial charge in [0.25, 0.3) is 0 Å². The Balaban J connectivity index is 2.17. The predicted octanol–water partition coefficient (Wildman–Crippen LogP) is 1.94. The molecule has 1 aromatic heterocycles. The summed E-state index contributed by atoms with van der Waals surface area (Å²) in [5.74, 6) is 0.307. The van der Waals surface area contributed by atoms with Gasteiger partial charge in [0.05, 0.1) is 5.56 Å². The first-order valence-corrected chi connectivity index (χ1v) is 6.29. The molecule has 0 fully saturated rings. The van der Waals surface area contributed by atoms with Crippen LogP contribution in [0.2, 0.25) is 0 Å². The van der Waals surface area contributed by atoms with Crippen LogP contribution in [0.3, 0.4) is 0 Å². The topological polar surface area (TPSA) is 102 Å². The number of nitrogens with two attached hydrogens (primary N) is 2. The van der Waals surface area contributed by atoms with E-state index < -0.39 is 5.82 Å². The van der Waals surface area contributed by atoms with Gasteiger partial charge in [-0.05, 0) is 11.6 Å². The Morgan fingerprint density at radius 3 is 2.58 bits per heavy atom. The number of nitrogens with zero attached hydrogens (tertiary/aromatic N) is 3. The summed E-state index contributed by atoms with van der Waals surface area (Å²) in [6.07, 6.45) is 0. The average molecular weight is 275 g/mol. The molecule has 0 amide bonds. The first kappa shape index (κ1) is 13.1. The second kappa shape index (κ2) is 5.54. The SMILES string of the molecule is N#Cc1cccc(CSc2nc(N)cc(N)n2)c1F. The van der Waals surface area contributed by atoms with Gasteiger partial charge in [-0.25, -0.2) is 14.4 Å². The van der Waals surface area contributed by atoms with E-state index in [-0.39, 0.29) is 17.2 Å². The minimum Gasteiger partial charge on any atom is -0.383 e. The monoisotopic (exact) mass is 275 g/mol. The van der Waals surface area contributed by atoms with Crippen molar-refractivity contribution in [2.24, 2.45) is 0 Å². The van der Waals surface area contributed by atoms with Crippen molar-refractivity contribution < 1.29 is 4.39 Å². The third kappa shape index (κ3) is 3.11. The number of thioether (sulfide) groups is 1. The summed E-state index contributed by atoms with van der Waals surface area (Å²) in [5, 5.41) is 9.12. The molecule has 0 radical (unpaired) electrons. The minimum atomic E-state index is -0.519. The fourth-order valence-electron chi connectivity index (χ4n) is 1.45. The smallest absolute Gasteiger partial charge is 0.191 e. The number of halogens is 1. The maximum atomic E-state index is 13.8. The van der Waals surface area contributed by atoms with Gasteiger partial charge in [-0.3, -0.25) is 0 Å². The molecule has 19 heavy (non-hydrogen) atoms. The van der Waals surface area contributed by atoms with Crippen molar-refractivity contribution in [2.75, 3.05) is 11.5 Å². The molecular formula is C12H10FN5S. The van der Waals surface area contributed by atoms with Crippen LogP contribution in [-0.4, -0.2) is 9.97 Å². The zero-order valence-corrected chi connectivity index (χ0v) is 10.6. The number of anilines is 2. The lowest BCUT2D eigenvalue weighted by molar-refractivity contribution is 0.613. The van der Waals surface area contributed by atoms with Gasteiger partial charge in [0.15, 0.2) is 5.16 Å². The highest BCUT2D eigenvalue weighted by Crippen LogP contribution is 2.23. The molecule has 5 nitrogen and oxygen atoms in total. The molecule has 0 aliphatic carbocycles. The van der Waals surface area contributed by atoms with Crippen molar-refractivity contribution in [1.29, 1.82) is 5.26 Å². The maximum Gasteiger partial charge on any atom is 0.191 e. The number of hydrogen-bond acceptors (Lipinski definition) is 6. The first-order valence-electron chi connectivity index (χ1n) is 5.30. The third-order valence-electron chi connectivity index (χ3n) is 2.30. The molecule has 1 heterocycles. The van der Waals surface area contributed by atoms with E-state index in [1.54, 1.807) is 18.2 Å². The van der Waals surface area contributed by atoms with Crippen LogP contribution in [0.5, 0.6) is 0 Å². The van der Waals surface area contributed by atoms with Gasteiger partial charge in [-0.1, -0.05) is 23.9 Å². The van der Waals surface area contributed by atoms with Gasteiger partial charge in [0.1, 0.15) is 23.5 Å². The zero-order valence-electron chi connectivity index (χ0n) is 9.80. The molecule has 1 aromatic carbocycles. The van der Waals surface area contributed by atoms with E-state index in [0.717, 1.165) is 0 Å². The fraction of sp³-hybridized carbons (Fsp3) is 0.0833. The highest BCUT2D eigenvalue weighted by Gasteiger charge is 2.09. The number of rotatable bonds is 3. The lowest BCUT2D eigenvalue weighted by Crippen LogP contribution is -1.99. The third-order valence-corrected chi connectivity index (χ3v) is 3.20. The number of aromatic nitrogens is 2. The van der Waals surface area contributed by atoms with E-state index in [1.807, 2.05) is 0 Å². The summed E-state index contributed by atoms with van der Waals surface area (Å²) in [6, 6.07) is 7.91. The van der Waals surface area contributed by atoms with E-state index in [4.69, 9.17) is 16.7 Å². The van der Waals surface area contributed by atoms with Gasteiger partial charge >= 0.3 is 0 Å². The average Bonchev–Trinajstić information content (AvgIpc) is 2.36. The Hall–Kier alpha value is -2.33. The van der Waals surface area contributed by atoms with Crippen molar-refractivity contribution in [1.82, 2.24) is 9.97 Å². The van der Waals surface area contributed by atoms with Crippen LogP contribution in [0.25, 0.3) is 0 Å². The molecule has 4 N–H and O–H groups in total. The highest BCUT2D eigenvalue weighted by atomic mass is 32.2. The van der Waals surface area contributed by atoms with Gasteiger partial charge in [-0.2, -0.15) is 5.26 Å². The lowest BCUT2D eigenvalue weighted by atomic mass is 10.1. The largest absolute Gasteiger partial charge is 0.383 e. The second-order valence-electron chi connectivity index (χ2n) is 3.68. The molecule has 0 aliphatic rings. The van der Waals surface area contributed by atoms with Gasteiger partial charge in [0.2, 0.25) is 0 Å². The summed E-state index contributed by atoms with van der Waals surface area (Å²) in [4.78, 5) is 7.97. The Bertz CT molecular complexity index is 633. The Kier molecular flexibility index (Phi) is 3.82. The van der Waals surface area contributed by atoms with Crippen LogP contribution >= 0.6 is 11.8 Å². The molecule has 96 valence electrons. The van der Waals surface area contributed by atoms with Crippen LogP contribution in [-0.2, 0) is 5.75 Å². The van der Waals surface area contributed by atoms with Crippen molar-refractivity contribution in [3.8, 4) is 6.07 Å². The van der Waals surface area contributed by atoms with Crippen LogP contribution < -0.4 is 11.5 Å². The Morgan fingerprint density at radius 1 is 1.26 bits per heavy atom. The normalized spacial score (nSPS) is 10.1. The highest BCUT2D eigenvalue weighted by molar-refractivity contribution is 7.98. The van der Waals surface area contributed by atoms with Gasteiger partial charge in [0, 0.05) is 11.8 Å². The summed E-state index contributed by atoms with van der Waals surface area (Å²) < 4.78 is 13.8. The summed E-state index contributed by atoms with van der Waals surface area (Å²) in [7, 11) is 0. The maximum absolute atomic E-state index is 13.8. The number of nitrogen functional groups attached to an aromatic ring is 2. The van der Waals surface area contributed by atoms with Crippen LogP contribution in [0.4, 0.5) is 16.0 Å². The molecule has 2 rings (SSSR count). The van der Waals surface area contributed by atoms with Crippen LogP contribution in [0.1, 0.15) is 11.1 Å².